The van der Waals surface area contributed by atoms with E-state index in [0.29, 0.717) is 0 Å². The van der Waals surface area contributed by atoms with Crippen LogP contribution in [0.4, 0.5) is 8.78 Å². The molecule has 0 spiro atoms. The lowest BCUT2D eigenvalue weighted by Crippen LogP contribution is -2.05. The van der Waals surface area contributed by atoms with Crippen molar-refractivity contribution in [1.82, 2.24) is 4.98 Å². The van der Waals surface area contributed by atoms with Crippen LogP contribution in [0.5, 0.6) is 0 Å². The number of hydrogen-bond acceptors (Lipinski definition) is 2. The normalized spacial score (nSPS) is 10.6. The van der Waals surface area contributed by atoms with Crippen LogP contribution >= 0.6 is 15.9 Å². The lowest BCUT2D eigenvalue weighted by molar-refractivity contribution is 0.0694. The summed E-state index contributed by atoms with van der Waals surface area (Å²) >= 11 is 2.83. The molecule has 0 unspecified atom stereocenters. The van der Waals surface area contributed by atoms with E-state index in [9.17, 15) is 13.6 Å². The van der Waals surface area contributed by atoms with Gasteiger partial charge in [-0.05, 0) is 22.9 Å². The number of alkyl halides is 2. The van der Waals surface area contributed by atoms with E-state index in [0.717, 1.165) is 6.20 Å². The average molecular weight is 266 g/mol. The molecule has 76 valence electrons. The van der Waals surface area contributed by atoms with Crippen LogP contribution in [0.1, 0.15) is 28.0 Å². The summed E-state index contributed by atoms with van der Waals surface area (Å²) in [7, 11) is 0. The van der Waals surface area contributed by atoms with Crippen LogP contribution in [-0.2, 0) is 0 Å². The summed E-state index contributed by atoms with van der Waals surface area (Å²) in [6, 6.07) is 0. The second-order valence-electron chi connectivity index (χ2n) is 2.59. The smallest absolute Gasteiger partial charge is 0.338 e. The van der Waals surface area contributed by atoms with Gasteiger partial charge in [-0.1, -0.05) is 0 Å². The number of halogens is 3. The number of carboxylic acids is 1. The van der Waals surface area contributed by atoms with Gasteiger partial charge in [0.15, 0.2) is 0 Å². The monoisotopic (exact) mass is 265 g/mol. The Morgan fingerprint density at radius 3 is 2.64 bits per heavy atom. The molecule has 0 bridgehead atoms. The summed E-state index contributed by atoms with van der Waals surface area (Å²) in [5, 5.41) is 8.74. The SMILES string of the molecule is Cc1ncc(C(F)F)c(Br)c1C(=O)O. The molecule has 0 saturated carbocycles. The highest BCUT2D eigenvalue weighted by molar-refractivity contribution is 9.10. The summed E-state index contributed by atoms with van der Waals surface area (Å²) in [5.41, 5.74) is -0.426. The summed E-state index contributed by atoms with van der Waals surface area (Å²) in [4.78, 5) is 14.3. The van der Waals surface area contributed by atoms with Gasteiger partial charge in [-0.15, -0.1) is 0 Å². The molecule has 0 radical (unpaired) electrons. The Labute approximate surface area is 86.9 Å². The Bertz CT molecular complexity index is 382. The fourth-order valence-electron chi connectivity index (χ4n) is 0.992. The molecule has 6 heteroatoms. The van der Waals surface area contributed by atoms with Crippen molar-refractivity contribution in [2.45, 2.75) is 13.3 Å². The molecule has 0 atom stereocenters. The number of aromatic carboxylic acids is 1. The quantitative estimate of drug-likeness (QED) is 0.895. The molecular formula is C8H6BrF2NO2. The molecule has 14 heavy (non-hydrogen) atoms. The molecule has 3 nitrogen and oxygen atoms in total. The second-order valence-corrected chi connectivity index (χ2v) is 3.39. The zero-order chi connectivity index (χ0) is 10.9. The van der Waals surface area contributed by atoms with E-state index >= 15 is 0 Å². The van der Waals surface area contributed by atoms with Crippen LogP contribution in [-0.4, -0.2) is 16.1 Å². The predicted octanol–water partition coefficient (Wildman–Crippen LogP) is 2.79. The van der Waals surface area contributed by atoms with Crippen molar-refractivity contribution in [2.75, 3.05) is 0 Å². The van der Waals surface area contributed by atoms with Crippen LogP contribution < -0.4 is 0 Å². The maximum Gasteiger partial charge on any atom is 0.338 e. The van der Waals surface area contributed by atoms with Crippen molar-refractivity contribution in [2.24, 2.45) is 0 Å². The molecule has 0 fully saturated rings. The minimum absolute atomic E-state index is 0.104. The van der Waals surface area contributed by atoms with E-state index < -0.39 is 18.0 Å². The predicted molar refractivity (Wildman–Crippen MR) is 48.6 cm³/mol. The van der Waals surface area contributed by atoms with Crippen LogP contribution in [0.25, 0.3) is 0 Å². The van der Waals surface area contributed by atoms with Gasteiger partial charge in [-0.25, -0.2) is 13.6 Å². The van der Waals surface area contributed by atoms with Crippen molar-refractivity contribution in [3.63, 3.8) is 0 Å². The first-order valence-corrected chi connectivity index (χ1v) is 4.41. The number of carbonyl (C=O) groups is 1. The molecule has 0 aliphatic rings. The number of aromatic nitrogens is 1. The summed E-state index contributed by atoms with van der Waals surface area (Å²) in [5.74, 6) is -1.27. The Morgan fingerprint density at radius 1 is 1.64 bits per heavy atom. The number of carboxylic acid groups (broad SMARTS) is 1. The number of hydrogen-bond donors (Lipinski definition) is 1. The van der Waals surface area contributed by atoms with Gasteiger partial charge in [0.05, 0.1) is 16.8 Å². The standard InChI is InChI=1S/C8H6BrF2NO2/c1-3-5(8(13)14)6(9)4(2-12-3)7(10)11/h2,7H,1H3,(H,13,14). The fraction of sp³-hybridized carbons (Fsp3) is 0.250. The number of aryl methyl sites for hydroxylation is 1. The van der Waals surface area contributed by atoms with Crippen molar-refractivity contribution >= 4 is 21.9 Å². The van der Waals surface area contributed by atoms with E-state index in [1.807, 2.05) is 0 Å². The molecule has 0 aliphatic heterocycles. The van der Waals surface area contributed by atoms with Gasteiger partial charge in [0.1, 0.15) is 0 Å². The van der Waals surface area contributed by atoms with Crippen molar-refractivity contribution in [3.05, 3.63) is 27.5 Å². The summed E-state index contributed by atoms with van der Waals surface area (Å²) in [6.07, 6.45) is -1.77. The van der Waals surface area contributed by atoms with E-state index in [4.69, 9.17) is 5.11 Å². The lowest BCUT2D eigenvalue weighted by Gasteiger charge is -2.07. The van der Waals surface area contributed by atoms with Gasteiger partial charge in [0, 0.05) is 10.7 Å². The highest BCUT2D eigenvalue weighted by Crippen LogP contribution is 2.30. The molecule has 1 N–H and O–H groups in total. The van der Waals surface area contributed by atoms with Crippen molar-refractivity contribution < 1.29 is 18.7 Å². The average Bonchev–Trinajstić information content (AvgIpc) is 2.02. The Balaban J connectivity index is 3.41. The minimum Gasteiger partial charge on any atom is -0.478 e. The summed E-state index contributed by atoms with van der Waals surface area (Å²) in [6.45, 7) is 1.45. The maximum atomic E-state index is 12.3. The zero-order valence-electron chi connectivity index (χ0n) is 7.09. The summed E-state index contributed by atoms with van der Waals surface area (Å²) < 4.78 is 24.6. The van der Waals surface area contributed by atoms with Gasteiger partial charge >= 0.3 is 5.97 Å². The molecular weight excluding hydrogens is 260 g/mol. The van der Waals surface area contributed by atoms with Crippen molar-refractivity contribution in [3.8, 4) is 0 Å². The molecule has 1 heterocycles. The third-order valence-electron chi connectivity index (χ3n) is 1.68. The molecule has 1 aromatic rings. The van der Waals surface area contributed by atoms with Gasteiger partial charge in [-0.2, -0.15) is 0 Å². The molecule has 0 aliphatic carbocycles. The second kappa shape index (κ2) is 4.00. The third kappa shape index (κ3) is 1.89. The lowest BCUT2D eigenvalue weighted by atomic mass is 10.1. The van der Waals surface area contributed by atoms with Crippen molar-refractivity contribution in [1.29, 1.82) is 0 Å². The number of rotatable bonds is 2. The third-order valence-corrected chi connectivity index (χ3v) is 2.54. The van der Waals surface area contributed by atoms with E-state index in [1.54, 1.807) is 0 Å². The molecule has 1 rings (SSSR count). The van der Waals surface area contributed by atoms with Gasteiger partial charge in [-0.3, -0.25) is 4.98 Å². The Kier molecular flexibility index (Phi) is 3.15. The topological polar surface area (TPSA) is 50.2 Å². The largest absolute Gasteiger partial charge is 0.478 e. The van der Waals surface area contributed by atoms with Crippen LogP contribution in [0.2, 0.25) is 0 Å². The van der Waals surface area contributed by atoms with E-state index in [1.165, 1.54) is 6.92 Å². The molecule has 0 saturated heterocycles. The number of pyridine rings is 1. The van der Waals surface area contributed by atoms with Gasteiger partial charge in [0.25, 0.3) is 6.43 Å². The first-order valence-electron chi connectivity index (χ1n) is 3.61. The van der Waals surface area contributed by atoms with E-state index in [-0.39, 0.29) is 15.7 Å². The Morgan fingerprint density at radius 2 is 2.21 bits per heavy atom. The fourth-order valence-corrected chi connectivity index (χ4v) is 1.72. The van der Waals surface area contributed by atoms with Gasteiger partial charge < -0.3 is 5.11 Å². The Hall–Kier alpha value is -1.04. The maximum absolute atomic E-state index is 12.3. The first kappa shape index (κ1) is 11.0. The van der Waals surface area contributed by atoms with Crippen LogP contribution in [0.3, 0.4) is 0 Å². The first-order chi connectivity index (χ1) is 6.45. The molecule has 0 amide bonds. The van der Waals surface area contributed by atoms with Gasteiger partial charge in [0.2, 0.25) is 0 Å². The van der Waals surface area contributed by atoms with Crippen LogP contribution in [0, 0.1) is 6.92 Å². The van der Waals surface area contributed by atoms with Crippen LogP contribution in [0.15, 0.2) is 10.7 Å². The molecule has 0 aromatic carbocycles. The van der Waals surface area contributed by atoms with E-state index in [2.05, 4.69) is 20.9 Å². The highest BCUT2D eigenvalue weighted by Gasteiger charge is 2.20. The zero-order valence-corrected chi connectivity index (χ0v) is 8.68. The minimum atomic E-state index is -2.74. The molecule has 1 aromatic heterocycles. The number of nitrogens with zero attached hydrogens (tertiary/aromatic N) is 1. The highest BCUT2D eigenvalue weighted by atomic mass is 79.9.